The van der Waals surface area contributed by atoms with Crippen molar-refractivity contribution in [2.24, 2.45) is 7.05 Å². The van der Waals surface area contributed by atoms with Gasteiger partial charge in [0, 0.05) is 29.3 Å². The Balaban J connectivity index is 1.83. The molecule has 0 atom stereocenters. The number of nitrogens with zero attached hydrogens (tertiary/aromatic N) is 4. The van der Waals surface area contributed by atoms with Crippen molar-refractivity contribution in [2.45, 2.75) is 14.9 Å². The number of hydrogen-bond donors (Lipinski definition) is 1. The molecule has 1 aromatic heterocycles. The Morgan fingerprint density at radius 3 is 2.56 bits per heavy atom. The highest BCUT2D eigenvalue weighted by Crippen LogP contribution is 2.34. The normalized spacial score (nSPS) is 10.6. The van der Waals surface area contributed by atoms with Crippen molar-refractivity contribution in [3.63, 3.8) is 0 Å². The van der Waals surface area contributed by atoms with E-state index >= 15 is 0 Å². The maximum absolute atomic E-state index is 12.5. The quantitative estimate of drug-likeness (QED) is 0.380. The molecule has 0 aliphatic carbocycles. The number of benzene rings is 2. The molecule has 27 heavy (non-hydrogen) atoms. The van der Waals surface area contributed by atoms with E-state index in [2.05, 4.69) is 15.5 Å². The lowest BCUT2D eigenvalue weighted by Gasteiger charge is -2.08. The Hall–Kier alpha value is -2.85. The van der Waals surface area contributed by atoms with Gasteiger partial charge in [-0.1, -0.05) is 0 Å². The van der Waals surface area contributed by atoms with E-state index in [1.807, 2.05) is 18.4 Å². The minimum absolute atomic E-state index is 0.159. The van der Waals surface area contributed by atoms with Crippen LogP contribution in [-0.2, 0) is 7.05 Å². The number of amides is 1. The van der Waals surface area contributed by atoms with Gasteiger partial charge in [-0.25, -0.2) is 0 Å². The molecule has 0 radical (unpaired) electrons. The van der Waals surface area contributed by atoms with Crippen LogP contribution in [0.25, 0.3) is 0 Å². The van der Waals surface area contributed by atoms with Gasteiger partial charge in [0.25, 0.3) is 11.6 Å². The molecule has 0 aliphatic heterocycles. The van der Waals surface area contributed by atoms with Crippen molar-refractivity contribution >= 4 is 40.8 Å². The summed E-state index contributed by atoms with van der Waals surface area (Å²) in [6.45, 7) is 0. The maximum atomic E-state index is 12.5. The Bertz CT molecular complexity index is 988. The first-order valence-corrected chi connectivity index (χ1v) is 9.77. The highest BCUT2D eigenvalue weighted by Gasteiger charge is 2.20. The van der Waals surface area contributed by atoms with E-state index in [1.54, 1.807) is 47.6 Å². The molecule has 0 saturated heterocycles. The number of nitrogens with one attached hydrogen (secondary N) is 1. The van der Waals surface area contributed by atoms with Gasteiger partial charge in [-0.3, -0.25) is 14.9 Å². The molecule has 10 heteroatoms. The third-order valence-corrected chi connectivity index (χ3v) is 5.50. The molecular formula is C17H15N5O3S2. The zero-order valence-corrected chi connectivity index (χ0v) is 16.1. The fourth-order valence-electron chi connectivity index (χ4n) is 2.23. The van der Waals surface area contributed by atoms with Crippen molar-refractivity contribution in [3.05, 3.63) is 64.5 Å². The van der Waals surface area contributed by atoms with Gasteiger partial charge in [-0.15, -0.1) is 22.0 Å². The van der Waals surface area contributed by atoms with Crippen molar-refractivity contribution < 1.29 is 9.72 Å². The van der Waals surface area contributed by atoms with Gasteiger partial charge >= 0.3 is 0 Å². The second-order valence-corrected chi connectivity index (χ2v) is 7.34. The van der Waals surface area contributed by atoms with Crippen LogP contribution in [0.3, 0.4) is 0 Å². The lowest BCUT2D eigenvalue weighted by molar-refractivity contribution is -0.387. The van der Waals surface area contributed by atoms with Crippen LogP contribution in [0, 0.1) is 10.1 Å². The minimum atomic E-state index is -0.511. The van der Waals surface area contributed by atoms with Gasteiger partial charge in [0.2, 0.25) is 0 Å². The first kappa shape index (κ1) is 18.9. The zero-order chi connectivity index (χ0) is 19.4. The summed E-state index contributed by atoms with van der Waals surface area (Å²) in [5.74, 6) is -0.412. The van der Waals surface area contributed by atoms with Gasteiger partial charge in [0.05, 0.1) is 9.82 Å². The molecule has 0 aliphatic rings. The van der Waals surface area contributed by atoms with Gasteiger partial charge in [-0.2, -0.15) is 0 Å². The summed E-state index contributed by atoms with van der Waals surface area (Å²) in [5, 5.41) is 22.4. The Morgan fingerprint density at radius 1 is 1.22 bits per heavy atom. The molecule has 0 fully saturated rings. The number of hydrogen-bond acceptors (Lipinski definition) is 7. The highest BCUT2D eigenvalue weighted by atomic mass is 32.2. The molecule has 1 N–H and O–H groups in total. The Morgan fingerprint density at radius 2 is 1.96 bits per heavy atom. The summed E-state index contributed by atoms with van der Waals surface area (Å²) < 4.78 is 1.66. The maximum Gasteiger partial charge on any atom is 0.284 e. The fourth-order valence-corrected chi connectivity index (χ4v) is 3.49. The average molecular weight is 401 g/mol. The Kier molecular flexibility index (Phi) is 5.77. The number of anilines is 1. The van der Waals surface area contributed by atoms with Crippen molar-refractivity contribution in [3.8, 4) is 0 Å². The first-order chi connectivity index (χ1) is 13.0. The number of nitro groups is 1. The lowest BCUT2D eigenvalue weighted by Crippen LogP contribution is -2.12. The number of aromatic nitrogens is 3. The SMILES string of the molecule is CSc1ccc(NC(=O)c2ccc(Sc3nncn3C)c([N+](=O)[O-])c2)cc1. The molecule has 3 aromatic rings. The lowest BCUT2D eigenvalue weighted by atomic mass is 10.2. The van der Waals surface area contributed by atoms with Gasteiger partial charge < -0.3 is 9.88 Å². The molecule has 0 saturated carbocycles. The standard InChI is InChI=1S/C17H15N5O3S2/c1-21-10-18-20-17(21)27-15-8-3-11(9-14(15)22(24)25)16(23)19-12-4-6-13(26-2)7-5-12/h3-10H,1-2H3,(H,19,23). The zero-order valence-electron chi connectivity index (χ0n) is 14.4. The molecule has 138 valence electrons. The van der Waals surface area contributed by atoms with Crippen LogP contribution in [0.4, 0.5) is 11.4 Å². The summed E-state index contributed by atoms with van der Waals surface area (Å²) >= 11 is 2.72. The number of carbonyl (C=O) groups is 1. The molecule has 0 unspecified atom stereocenters. The van der Waals surface area contributed by atoms with Crippen molar-refractivity contribution in [2.75, 3.05) is 11.6 Å². The topological polar surface area (TPSA) is 103 Å². The van der Waals surface area contributed by atoms with Crippen LogP contribution in [0.2, 0.25) is 0 Å². The van der Waals surface area contributed by atoms with Gasteiger partial charge in [0.15, 0.2) is 5.16 Å². The Labute approximate surface area is 163 Å². The van der Waals surface area contributed by atoms with E-state index in [1.165, 1.54) is 12.4 Å². The van der Waals surface area contributed by atoms with E-state index in [0.717, 1.165) is 16.7 Å². The van der Waals surface area contributed by atoms with Crippen LogP contribution in [0.1, 0.15) is 10.4 Å². The van der Waals surface area contributed by atoms with Crippen LogP contribution in [-0.4, -0.2) is 31.9 Å². The predicted octanol–water partition coefficient (Wildman–Crippen LogP) is 3.85. The van der Waals surface area contributed by atoms with E-state index < -0.39 is 10.8 Å². The monoisotopic (exact) mass is 401 g/mol. The molecule has 1 heterocycles. The number of nitro benzene ring substituents is 1. The number of carbonyl (C=O) groups excluding carboxylic acids is 1. The number of aryl methyl sites for hydroxylation is 1. The van der Waals surface area contributed by atoms with Gasteiger partial charge in [-0.05, 0) is 54.4 Å². The van der Waals surface area contributed by atoms with Crippen molar-refractivity contribution in [1.82, 2.24) is 14.8 Å². The summed E-state index contributed by atoms with van der Waals surface area (Å²) in [6.07, 6.45) is 3.48. The second-order valence-electron chi connectivity index (χ2n) is 5.45. The second kappa shape index (κ2) is 8.23. The summed E-state index contributed by atoms with van der Waals surface area (Å²) in [5.41, 5.74) is 0.671. The van der Waals surface area contributed by atoms with E-state index in [0.29, 0.717) is 15.7 Å². The van der Waals surface area contributed by atoms with Crippen molar-refractivity contribution in [1.29, 1.82) is 0 Å². The third-order valence-electron chi connectivity index (χ3n) is 3.64. The molecule has 2 aromatic carbocycles. The number of rotatable bonds is 6. The molecule has 8 nitrogen and oxygen atoms in total. The van der Waals surface area contributed by atoms with E-state index in [9.17, 15) is 14.9 Å². The largest absolute Gasteiger partial charge is 0.322 e. The van der Waals surface area contributed by atoms with Crippen LogP contribution in [0.15, 0.2) is 63.7 Å². The first-order valence-electron chi connectivity index (χ1n) is 7.73. The van der Waals surface area contributed by atoms with E-state index in [-0.39, 0.29) is 11.3 Å². The smallest absolute Gasteiger partial charge is 0.284 e. The fraction of sp³-hybridized carbons (Fsp3) is 0.118. The van der Waals surface area contributed by atoms with Crippen LogP contribution < -0.4 is 5.32 Å². The molecule has 0 spiro atoms. The summed E-state index contributed by atoms with van der Waals surface area (Å²) in [7, 11) is 1.75. The van der Waals surface area contributed by atoms with Crippen LogP contribution >= 0.6 is 23.5 Å². The number of thioether (sulfide) groups is 1. The summed E-state index contributed by atoms with van der Waals surface area (Å²) in [6, 6.07) is 11.7. The molecule has 0 bridgehead atoms. The molecular weight excluding hydrogens is 386 g/mol. The van der Waals surface area contributed by atoms with E-state index in [4.69, 9.17) is 0 Å². The molecule has 3 rings (SSSR count). The predicted molar refractivity (Wildman–Crippen MR) is 104 cm³/mol. The molecule has 1 amide bonds. The highest BCUT2D eigenvalue weighted by molar-refractivity contribution is 7.99. The van der Waals surface area contributed by atoms with Gasteiger partial charge in [0.1, 0.15) is 6.33 Å². The third kappa shape index (κ3) is 4.47. The minimum Gasteiger partial charge on any atom is -0.322 e. The summed E-state index contributed by atoms with van der Waals surface area (Å²) in [4.78, 5) is 24.9. The van der Waals surface area contributed by atoms with Crippen LogP contribution in [0.5, 0.6) is 0 Å². The average Bonchev–Trinajstić information content (AvgIpc) is 3.07.